The van der Waals surface area contributed by atoms with E-state index in [2.05, 4.69) is 0 Å². The number of hydrogen-bond acceptors (Lipinski definition) is 2. The summed E-state index contributed by atoms with van der Waals surface area (Å²) in [6.45, 7) is 0. The summed E-state index contributed by atoms with van der Waals surface area (Å²) in [5, 5.41) is 0. The largest absolute Gasteiger partial charge is 0.326 e. The molecule has 3 rings (SSSR count). The minimum absolute atomic E-state index is 0.00407. The number of hydrogen-bond donors (Lipinski definition) is 1. The van der Waals surface area contributed by atoms with E-state index in [9.17, 15) is 9.18 Å². The number of amides is 1. The van der Waals surface area contributed by atoms with Gasteiger partial charge in [-0.1, -0.05) is 0 Å². The van der Waals surface area contributed by atoms with Gasteiger partial charge in [-0.3, -0.25) is 4.79 Å². The highest BCUT2D eigenvalue weighted by atomic mass is 19.1. The van der Waals surface area contributed by atoms with Crippen LogP contribution in [0.4, 0.5) is 10.1 Å². The summed E-state index contributed by atoms with van der Waals surface area (Å²) in [4.78, 5) is 13.6. The third-order valence-corrected chi connectivity index (χ3v) is 3.50. The molecule has 1 aliphatic carbocycles. The zero-order valence-corrected chi connectivity index (χ0v) is 8.33. The third kappa shape index (κ3) is 0.855. The summed E-state index contributed by atoms with van der Waals surface area (Å²) in [5.41, 5.74) is 6.73. The molecule has 1 aromatic rings. The monoisotopic (exact) mass is 206 g/mol. The number of rotatable bonds is 0. The van der Waals surface area contributed by atoms with Crippen molar-refractivity contribution in [2.75, 3.05) is 11.9 Å². The lowest BCUT2D eigenvalue weighted by Crippen LogP contribution is -2.32. The van der Waals surface area contributed by atoms with Gasteiger partial charge in [0.25, 0.3) is 0 Å². The average Bonchev–Trinajstić information content (AvgIpc) is 2.84. The Bertz CT molecular complexity index is 474. The van der Waals surface area contributed by atoms with Crippen LogP contribution in [0, 0.1) is 5.82 Å². The average molecular weight is 206 g/mol. The molecule has 1 amide bonds. The van der Waals surface area contributed by atoms with E-state index in [1.54, 1.807) is 18.0 Å². The molecule has 1 fully saturated rings. The fourth-order valence-electron chi connectivity index (χ4n) is 2.53. The van der Waals surface area contributed by atoms with Crippen LogP contribution in [0.25, 0.3) is 0 Å². The van der Waals surface area contributed by atoms with Crippen LogP contribution in [0.15, 0.2) is 18.2 Å². The summed E-state index contributed by atoms with van der Waals surface area (Å²) >= 11 is 0. The second-order valence-corrected chi connectivity index (χ2v) is 4.31. The van der Waals surface area contributed by atoms with Crippen LogP contribution in [0.1, 0.15) is 12.0 Å². The maximum atomic E-state index is 13.1. The lowest BCUT2D eigenvalue weighted by molar-refractivity contribution is -0.120. The van der Waals surface area contributed by atoms with E-state index in [1.165, 1.54) is 12.1 Å². The molecule has 1 aliphatic heterocycles. The fourth-order valence-corrected chi connectivity index (χ4v) is 2.53. The second-order valence-electron chi connectivity index (χ2n) is 4.31. The molecule has 0 saturated heterocycles. The Morgan fingerprint density at radius 3 is 2.87 bits per heavy atom. The molecule has 1 heterocycles. The standard InChI is InChI=1S/C11H11FN2O/c1-14-8-3-2-6(12)4-7(8)11(10(14)15)5-9(11)13/h2-4,9H,5,13H2,1H3. The number of anilines is 1. The van der Waals surface area contributed by atoms with Gasteiger partial charge in [-0.15, -0.1) is 0 Å². The van der Waals surface area contributed by atoms with E-state index in [4.69, 9.17) is 5.73 Å². The number of halogens is 1. The molecule has 4 heteroatoms. The van der Waals surface area contributed by atoms with Crippen molar-refractivity contribution in [3.05, 3.63) is 29.6 Å². The van der Waals surface area contributed by atoms with Gasteiger partial charge in [0.05, 0.1) is 5.41 Å². The van der Waals surface area contributed by atoms with Crippen LogP contribution < -0.4 is 10.6 Å². The number of benzene rings is 1. The maximum absolute atomic E-state index is 13.1. The number of nitrogens with zero attached hydrogens (tertiary/aromatic N) is 1. The van der Waals surface area contributed by atoms with Crippen molar-refractivity contribution in [2.24, 2.45) is 5.73 Å². The Labute approximate surface area is 86.7 Å². The van der Waals surface area contributed by atoms with Gasteiger partial charge in [-0.25, -0.2) is 4.39 Å². The summed E-state index contributed by atoms with van der Waals surface area (Å²) in [7, 11) is 1.71. The van der Waals surface area contributed by atoms with Crippen molar-refractivity contribution in [1.29, 1.82) is 0 Å². The molecular weight excluding hydrogens is 195 g/mol. The SMILES string of the molecule is CN1C(=O)C2(CC2N)c2cc(F)ccc21. The molecule has 2 N–H and O–H groups in total. The molecule has 2 aliphatic rings. The molecule has 0 radical (unpaired) electrons. The van der Waals surface area contributed by atoms with Gasteiger partial charge in [-0.2, -0.15) is 0 Å². The lowest BCUT2D eigenvalue weighted by Gasteiger charge is -2.09. The minimum Gasteiger partial charge on any atom is -0.326 e. The van der Waals surface area contributed by atoms with Gasteiger partial charge in [0.2, 0.25) is 5.91 Å². The van der Waals surface area contributed by atoms with Crippen LogP contribution in [0.3, 0.4) is 0 Å². The predicted molar refractivity (Wildman–Crippen MR) is 54.1 cm³/mol. The lowest BCUT2D eigenvalue weighted by atomic mass is 9.97. The van der Waals surface area contributed by atoms with E-state index < -0.39 is 5.41 Å². The topological polar surface area (TPSA) is 46.3 Å². The van der Waals surface area contributed by atoms with Crippen LogP contribution >= 0.6 is 0 Å². The molecule has 0 aromatic heterocycles. The zero-order chi connectivity index (χ0) is 10.8. The zero-order valence-electron chi connectivity index (χ0n) is 8.33. The Morgan fingerprint density at radius 2 is 2.27 bits per heavy atom. The van der Waals surface area contributed by atoms with E-state index in [-0.39, 0.29) is 17.8 Å². The maximum Gasteiger partial charge on any atom is 0.239 e. The Kier molecular flexibility index (Phi) is 1.41. The molecule has 2 atom stereocenters. The smallest absolute Gasteiger partial charge is 0.239 e. The number of nitrogens with two attached hydrogens (primary N) is 1. The summed E-state index contributed by atoms with van der Waals surface area (Å²) < 4.78 is 13.1. The number of carbonyl (C=O) groups excluding carboxylic acids is 1. The Balaban J connectivity index is 2.25. The number of carbonyl (C=O) groups is 1. The molecule has 2 unspecified atom stereocenters. The van der Waals surface area contributed by atoms with E-state index in [0.717, 1.165) is 11.3 Å². The summed E-state index contributed by atoms with van der Waals surface area (Å²) in [6, 6.07) is 4.29. The first kappa shape index (κ1) is 8.85. The van der Waals surface area contributed by atoms with Crippen LogP contribution in [0.2, 0.25) is 0 Å². The number of likely N-dealkylation sites (N-methyl/N-ethyl adjacent to an activating group) is 1. The molecule has 1 saturated carbocycles. The van der Waals surface area contributed by atoms with Crippen molar-refractivity contribution >= 4 is 11.6 Å². The Hall–Kier alpha value is -1.42. The molecule has 0 bridgehead atoms. The van der Waals surface area contributed by atoms with E-state index >= 15 is 0 Å². The molecule has 15 heavy (non-hydrogen) atoms. The van der Waals surface area contributed by atoms with Crippen molar-refractivity contribution in [3.8, 4) is 0 Å². The molecular formula is C11H11FN2O. The summed E-state index contributed by atoms with van der Waals surface area (Å²) in [5.74, 6) is -0.314. The number of fused-ring (bicyclic) bond motifs is 2. The van der Waals surface area contributed by atoms with Crippen LogP contribution in [-0.2, 0) is 10.2 Å². The van der Waals surface area contributed by atoms with Crippen molar-refractivity contribution in [2.45, 2.75) is 17.9 Å². The molecule has 78 valence electrons. The Morgan fingerprint density at radius 1 is 1.60 bits per heavy atom. The highest BCUT2D eigenvalue weighted by Crippen LogP contribution is 2.55. The van der Waals surface area contributed by atoms with Crippen LogP contribution in [0.5, 0.6) is 0 Å². The third-order valence-electron chi connectivity index (χ3n) is 3.50. The van der Waals surface area contributed by atoms with Crippen LogP contribution in [-0.4, -0.2) is 19.0 Å². The first-order valence-corrected chi connectivity index (χ1v) is 4.91. The second kappa shape index (κ2) is 2.39. The predicted octanol–water partition coefficient (Wildman–Crippen LogP) is 0.771. The molecule has 1 aromatic carbocycles. The highest BCUT2D eigenvalue weighted by Gasteiger charge is 2.65. The van der Waals surface area contributed by atoms with Crippen molar-refractivity contribution in [3.63, 3.8) is 0 Å². The molecule has 3 nitrogen and oxygen atoms in total. The van der Waals surface area contributed by atoms with Gasteiger partial charge in [0, 0.05) is 18.8 Å². The van der Waals surface area contributed by atoms with Gasteiger partial charge in [0.1, 0.15) is 5.82 Å². The van der Waals surface area contributed by atoms with E-state index in [0.29, 0.717) is 6.42 Å². The van der Waals surface area contributed by atoms with Crippen molar-refractivity contribution < 1.29 is 9.18 Å². The minimum atomic E-state index is -0.619. The van der Waals surface area contributed by atoms with Crippen molar-refractivity contribution in [1.82, 2.24) is 0 Å². The first-order valence-electron chi connectivity index (χ1n) is 4.91. The van der Waals surface area contributed by atoms with Gasteiger partial charge in [0.15, 0.2) is 0 Å². The van der Waals surface area contributed by atoms with Gasteiger partial charge >= 0.3 is 0 Å². The van der Waals surface area contributed by atoms with E-state index in [1.807, 2.05) is 0 Å². The normalized spacial score (nSPS) is 32.3. The highest BCUT2D eigenvalue weighted by molar-refractivity contribution is 6.10. The quantitative estimate of drug-likeness (QED) is 0.681. The fraction of sp³-hybridized carbons (Fsp3) is 0.364. The molecule has 1 spiro atoms. The summed E-state index contributed by atoms with van der Waals surface area (Å²) in [6.07, 6.45) is 0.632. The first-order chi connectivity index (χ1) is 7.07. The van der Waals surface area contributed by atoms with Gasteiger partial charge in [-0.05, 0) is 30.2 Å². The van der Waals surface area contributed by atoms with Gasteiger partial charge < -0.3 is 10.6 Å².